The highest BCUT2D eigenvalue weighted by Gasteiger charge is 2.51. The van der Waals surface area contributed by atoms with Crippen LogP contribution in [0.3, 0.4) is 0 Å². The van der Waals surface area contributed by atoms with Gasteiger partial charge < -0.3 is 30.2 Å². The van der Waals surface area contributed by atoms with Crippen molar-refractivity contribution in [3.8, 4) is 5.75 Å². The van der Waals surface area contributed by atoms with Crippen LogP contribution in [0.25, 0.3) is 10.9 Å². The Morgan fingerprint density at radius 1 is 1.12 bits per heavy atom. The summed E-state index contributed by atoms with van der Waals surface area (Å²) in [4.78, 5) is 67.8. The molecule has 2 saturated heterocycles. The molecule has 1 spiro atoms. The Morgan fingerprint density at radius 3 is 2.56 bits per heavy atom. The minimum Gasteiger partial charge on any atom is -0.497 e. The van der Waals surface area contributed by atoms with Gasteiger partial charge in [-0.25, -0.2) is 0 Å². The number of hydrogen-bond acceptors (Lipinski definition) is 6. The highest BCUT2D eigenvalue weighted by Crippen LogP contribution is 2.55. The van der Waals surface area contributed by atoms with E-state index < -0.39 is 35.6 Å². The van der Waals surface area contributed by atoms with E-state index in [2.05, 4.69) is 16.0 Å². The second kappa shape index (κ2) is 10.5. The van der Waals surface area contributed by atoms with Gasteiger partial charge >= 0.3 is 0 Å². The molecule has 41 heavy (non-hydrogen) atoms. The monoisotopic (exact) mass is 563 g/mol. The smallest absolute Gasteiger partial charge is 0.289 e. The molecule has 3 heterocycles. The molecule has 6 rings (SSSR count). The number of carbonyl (C=O) groups excluding carboxylic acids is 5. The summed E-state index contributed by atoms with van der Waals surface area (Å²) < 4.78 is 7.16. The molecule has 218 valence electrons. The molecule has 4 aliphatic rings. The van der Waals surface area contributed by atoms with Gasteiger partial charge in [-0.05, 0) is 75.0 Å². The number of nitrogens with one attached hydrogen (secondary N) is 3. The first-order valence-corrected chi connectivity index (χ1v) is 14.6. The van der Waals surface area contributed by atoms with E-state index in [4.69, 9.17) is 4.74 Å². The number of hydrogen-bond donors (Lipinski definition) is 3. The third kappa shape index (κ3) is 5.41. The number of benzene rings is 1. The van der Waals surface area contributed by atoms with Gasteiger partial charge in [0.25, 0.3) is 11.8 Å². The molecule has 2 aliphatic heterocycles. The number of piperidine rings is 1. The van der Waals surface area contributed by atoms with Gasteiger partial charge in [-0.2, -0.15) is 0 Å². The lowest BCUT2D eigenvalue weighted by atomic mass is 9.86. The van der Waals surface area contributed by atoms with E-state index in [0.29, 0.717) is 37.4 Å². The van der Waals surface area contributed by atoms with Crippen LogP contribution < -0.4 is 20.7 Å². The second-order valence-electron chi connectivity index (χ2n) is 12.2. The molecule has 3 unspecified atom stereocenters. The van der Waals surface area contributed by atoms with E-state index >= 15 is 0 Å². The molecule has 4 amide bonds. The van der Waals surface area contributed by atoms with E-state index in [1.165, 1.54) is 0 Å². The highest BCUT2D eigenvalue weighted by atomic mass is 16.5. The van der Waals surface area contributed by atoms with Crippen LogP contribution in [-0.4, -0.2) is 77.2 Å². The van der Waals surface area contributed by atoms with Gasteiger partial charge in [0, 0.05) is 43.5 Å². The fraction of sp³-hybridized carbons (Fsp3) is 0.567. The highest BCUT2D eigenvalue weighted by molar-refractivity contribution is 6.38. The summed E-state index contributed by atoms with van der Waals surface area (Å²) in [7, 11) is 3.41. The summed E-state index contributed by atoms with van der Waals surface area (Å²) in [6.45, 7) is 0.921. The van der Waals surface area contributed by atoms with Gasteiger partial charge in [0.05, 0.1) is 18.7 Å². The van der Waals surface area contributed by atoms with Crippen molar-refractivity contribution in [2.24, 2.45) is 18.4 Å². The van der Waals surface area contributed by atoms with Crippen LogP contribution in [0.1, 0.15) is 61.9 Å². The van der Waals surface area contributed by atoms with E-state index in [9.17, 15) is 24.0 Å². The Morgan fingerprint density at radius 2 is 1.90 bits per heavy atom. The van der Waals surface area contributed by atoms with E-state index in [1.54, 1.807) is 12.0 Å². The number of nitrogens with zero attached hydrogens (tertiary/aromatic N) is 2. The van der Waals surface area contributed by atoms with E-state index in [0.717, 1.165) is 43.0 Å². The Balaban J connectivity index is 1.25. The third-order valence-electron chi connectivity index (χ3n) is 9.33. The van der Waals surface area contributed by atoms with Crippen molar-refractivity contribution >= 4 is 40.3 Å². The zero-order valence-corrected chi connectivity index (χ0v) is 23.5. The lowest BCUT2D eigenvalue weighted by molar-refractivity contribution is -0.141. The topological polar surface area (TPSA) is 139 Å². The third-order valence-corrected chi connectivity index (χ3v) is 9.33. The maximum atomic E-state index is 14.0. The molecule has 0 radical (unpaired) electrons. The first-order valence-electron chi connectivity index (χ1n) is 14.6. The van der Waals surface area contributed by atoms with Gasteiger partial charge in [0.2, 0.25) is 17.6 Å². The fourth-order valence-corrected chi connectivity index (χ4v) is 6.33. The number of aromatic nitrogens is 1. The van der Waals surface area contributed by atoms with Crippen LogP contribution >= 0.6 is 0 Å². The van der Waals surface area contributed by atoms with Crippen LogP contribution in [0.4, 0.5) is 0 Å². The number of amides is 4. The standard InChI is InChI=1S/C30H37N5O6/c1-34-22-15-20(41-2)6-3-17(22)14-23(34)29(40)35-12-10-30(8-9-30)16-24(35)27(38)33-21(13-18-7-11-31-26(18)37)25(36)28(39)32-19-4-5-19/h3,6,14-15,18-19,21,24H,4-5,7-13,16H2,1-2H3,(H,31,37)(H,32,39)(H,33,38). The Labute approximate surface area is 238 Å². The molecule has 1 aromatic heterocycles. The average molecular weight is 564 g/mol. The number of Topliss-reactive ketones (excluding diaryl/α,β-unsaturated/α-hetero) is 1. The summed E-state index contributed by atoms with van der Waals surface area (Å²) in [5, 5.41) is 9.17. The molecule has 0 bridgehead atoms. The van der Waals surface area contributed by atoms with Crippen molar-refractivity contribution in [2.45, 2.75) is 69.5 Å². The Hall–Kier alpha value is -3.89. The molecule has 2 saturated carbocycles. The first-order chi connectivity index (χ1) is 19.7. The number of rotatable bonds is 9. The zero-order chi connectivity index (χ0) is 28.9. The molecule has 2 aromatic rings. The number of ether oxygens (including phenoxy) is 1. The van der Waals surface area contributed by atoms with Gasteiger partial charge in [-0.3, -0.25) is 24.0 Å². The molecule has 2 aliphatic carbocycles. The van der Waals surface area contributed by atoms with Crippen LogP contribution in [0, 0.1) is 11.3 Å². The number of methoxy groups -OCH3 is 1. The SMILES string of the molecule is COc1ccc2cc(C(=O)N3CCC4(CC4)CC3C(=O)NC(CC3CCNC3=O)C(=O)C(=O)NC3CC3)n(C)c2c1. The van der Waals surface area contributed by atoms with Crippen molar-refractivity contribution in [1.29, 1.82) is 0 Å². The van der Waals surface area contributed by atoms with Crippen LogP contribution in [0.15, 0.2) is 24.3 Å². The predicted octanol–water partition coefficient (Wildman–Crippen LogP) is 1.43. The summed E-state index contributed by atoms with van der Waals surface area (Å²) in [6.07, 6.45) is 5.54. The number of aryl methyl sites for hydroxylation is 1. The predicted molar refractivity (Wildman–Crippen MR) is 149 cm³/mol. The number of carbonyl (C=O) groups is 5. The average Bonchev–Trinajstić information content (AvgIpc) is 3.88. The van der Waals surface area contributed by atoms with Gasteiger partial charge in [0.15, 0.2) is 0 Å². The normalized spacial score (nSPS) is 23.7. The summed E-state index contributed by atoms with van der Waals surface area (Å²) in [5.74, 6) is -2.17. The maximum Gasteiger partial charge on any atom is 0.289 e. The van der Waals surface area contributed by atoms with Gasteiger partial charge in [0.1, 0.15) is 17.5 Å². The van der Waals surface area contributed by atoms with Crippen LogP contribution in [0.2, 0.25) is 0 Å². The van der Waals surface area contributed by atoms with Crippen LogP contribution in [0.5, 0.6) is 5.75 Å². The lowest BCUT2D eigenvalue weighted by Gasteiger charge is -2.39. The molecule has 11 nitrogen and oxygen atoms in total. The minimum atomic E-state index is -1.14. The minimum absolute atomic E-state index is 0.0143. The van der Waals surface area contributed by atoms with Crippen molar-refractivity contribution in [3.63, 3.8) is 0 Å². The first kappa shape index (κ1) is 27.3. The molecule has 3 N–H and O–H groups in total. The summed E-state index contributed by atoms with van der Waals surface area (Å²) in [6, 6.07) is 5.48. The quantitative estimate of drug-likeness (QED) is 0.395. The van der Waals surface area contributed by atoms with Crippen molar-refractivity contribution in [1.82, 2.24) is 25.4 Å². The van der Waals surface area contributed by atoms with E-state index in [-0.39, 0.29) is 29.7 Å². The van der Waals surface area contributed by atoms with Crippen molar-refractivity contribution < 1.29 is 28.7 Å². The second-order valence-corrected chi connectivity index (χ2v) is 12.2. The molecule has 11 heteroatoms. The summed E-state index contributed by atoms with van der Waals surface area (Å²) >= 11 is 0. The molecular formula is C30H37N5O6. The number of fused-ring (bicyclic) bond motifs is 1. The summed E-state index contributed by atoms with van der Waals surface area (Å²) in [5.41, 5.74) is 1.32. The molecular weight excluding hydrogens is 526 g/mol. The largest absolute Gasteiger partial charge is 0.497 e. The van der Waals surface area contributed by atoms with E-state index in [1.807, 2.05) is 35.9 Å². The molecule has 1 aromatic carbocycles. The number of likely N-dealkylation sites (tertiary alicyclic amines) is 1. The van der Waals surface area contributed by atoms with Crippen molar-refractivity contribution in [3.05, 3.63) is 30.0 Å². The zero-order valence-electron chi connectivity index (χ0n) is 23.5. The maximum absolute atomic E-state index is 14.0. The number of ketones is 1. The van der Waals surface area contributed by atoms with Crippen LogP contribution in [-0.2, 0) is 26.2 Å². The Bertz CT molecular complexity index is 1420. The fourth-order valence-electron chi connectivity index (χ4n) is 6.33. The van der Waals surface area contributed by atoms with Crippen molar-refractivity contribution in [2.75, 3.05) is 20.2 Å². The lowest BCUT2D eigenvalue weighted by Crippen LogP contribution is -2.58. The molecule has 4 fully saturated rings. The van der Waals surface area contributed by atoms with Gasteiger partial charge in [-0.1, -0.05) is 0 Å². The van der Waals surface area contributed by atoms with Gasteiger partial charge in [-0.15, -0.1) is 0 Å². The molecule has 3 atom stereocenters. The Kier molecular flexibility index (Phi) is 6.99.